The third-order valence-electron chi connectivity index (χ3n) is 5.20. The van der Waals surface area contributed by atoms with E-state index in [0.29, 0.717) is 69.2 Å². The van der Waals surface area contributed by atoms with Crippen LogP contribution in [0.2, 0.25) is 0 Å². The van der Waals surface area contributed by atoms with Crippen molar-refractivity contribution in [3.63, 3.8) is 0 Å². The molecule has 2 aliphatic heterocycles. The molecule has 1 saturated heterocycles. The SMILES string of the molecule is CC(C)(C)OC(=O)N1CCN(C(N)=NCCCCN2C(=O)c3ccccc3C2=O)CC1. The summed E-state index contributed by atoms with van der Waals surface area (Å²) < 4.78 is 5.40. The predicted molar refractivity (Wildman–Crippen MR) is 117 cm³/mol. The maximum absolute atomic E-state index is 12.4. The fraction of sp³-hybridized carbons (Fsp3) is 0.545. The van der Waals surface area contributed by atoms with Gasteiger partial charge in [-0.25, -0.2) is 4.79 Å². The normalized spacial score (nSPS) is 17.3. The molecule has 2 N–H and O–H groups in total. The number of fused-ring (bicyclic) bond motifs is 1. The number of amides is 3. The van der Waals surface area contributed by atoms with Gasteiger partial charge in [0, 0.05) is 39.3 Å². The van der Waals surface area contributed by atoms with Crippen LogP contribution in [0.5, 0.6) is 0 Å². The third-order valence-corrected chi connectivity index (χ3v) is 5.20. The molecule has 0 radical (unpaired) electrons. The zero-order valence-electron chi connectivity index (χ0n) is 18.5. The van der Waals surface area contributed by atoms with Gasteiger partial charge in [0.05, 0.1) is 11.1 Å². The maximum Gasteiger partial charge on any atom is 0.410 e. The molecule has 1 fully saturated rings. The van der Waals surface area contributed by atoms with E-state index >= 15 is 0 Å². The molecule has 0 aromatic heterocycles. The summed E-state index contributed by atoms with van der Waals surface area (Å²) in [6.45, 7) is 8.70. The molecule has 31 heavy (non-hydrogen) atoms. The molecule has 3 amide bonds. The molecule has 0 atom stereocenters. The van der Waals surface area contributed by atoms with Crippen molar-refractivity contribution in [3.05, 3.63) is 35.4 Å². The molecular formula is C22H31N5O4. The number of nitrogens with two attached hydrogens (primary N) is 1. The zero-order valence-corrected chi connectivity index (χ0v) is 18.5. The smallest absolute Gasteiger partial charge is 0.410 e. The van der Waals surface area contributed by atoms with Crippen LogP contribution in [0.4, 0.5) is 4.79 Å². The number of nitrogens with zero attached hydrogens (tertiary/aromatic N) is 4. The summed E-state index contributed by atoms with van der Waals surface area (Å²) in [5.41, 5.74) is 6.53. The van der Waals surface area contributed by atoms with Crippen LogP contribution in [-0.2, 0) is 4.74 Å². The molecule has 1 aromatic carbocycles. The Morgan fingerprint density at radius 3 is 2.10 bits per heavy atom. The van der Waals surface area contributed by atoms with Gasteiger partial charge in [-0.15, -0.1) is 0 Å². The van der Waals surface area contributed by atoms with E-state index in [1.54, 1.807) is 29.2 Å². The summed E-state index contributed by atoms with van der Waals surface area (Å²) in [5, 5.41) is 0. The minimum absolute atomic E-state index is 0.230. The van der Waals surface area contributed by atoms with E-state index in [4.69, 9.17) is 10.5 Å². The summed E-state index contributed by atoms with van der Waals surface area (Å²) in [6.07, 6.45) is 1.07. The van der Waals surface area contributed by atoms with Gasteiger partial charge in [-0.2, -0.15) is 0 Å². The summed E-state index contributed by atoms with van der Waals surface area (Å²) >= 11 is 0. The van der Waals surface area contributed by atoms with Gasteiger partial charge in [-0.05, 0) is 45.7 Å². The molecule has 0 saturated carbocycles. The van der Waals surface area contributed by atoms with Gasteiger partial charge in [-0.3, -0.25) is 19.5 Å². The highest BCUT2D eigenvalue weighted by Crippen LogP contribution is 2.22. The maximum atomic E-state index is 12.4. The standard InChI is InChI=1S/C22H31N5O4/c1-22(2,3)31-21(30)26-14-12-25(13-15-26)20(23)24-10-6-7-11-27-18(28)16-8-4-5-9-17(16)19(27)29/h4-5,8-9H,6-7,10-15H2,1-3H3,(H2,23,24). The number of guanidine groups is 1. The van der Waals surface area contributed by atoms with Crippen LogP contribution in [0.15, 0.2) is 29.3 Å². The second-order valence-electron chi connectivity index (χ2n) is 8.71. The number of benzene rings is 1. The first-order valence-electron chi connectivity index (χ1n) is 10.7. The predicted octanol–water partition coefficient (Wildman–Crippen LogP) is 1.93. The average molecular weight is 430 g/mol. The largest absolute Gasteiger partial charge is 0.444 e. The zero-order chi connectivity index (χ0) is 22.6. The number of aliphatic imine (C=N–C) groups is 1. The molecule has 2 aliphatic rings. The van der Waals surface area contributed by atoms with E-state index in [9.17, 15) is 14.4 Å². The van der Waals surface area contributed by atoms with Gasteiger partial charge in [0.1, 0.15) is 5.60 Å². The van der Waals surface area contributed by atoms with Crippen molar-refractivity contribution in [2.75, 3.05) is 39.3 Å². The monoisotopic (exact) mass is 429 g/mol. The van der Waals surface area contributed by atoms with Crippen molar-refractivity contribution in [2.45, 2.75) is 39.2 Å². The van der Waals surface area contributed by atoms with E-state index in [0.717, 1.165) is 0 Å². The fourth-order valence-corrected chi connectivity index (χ4v) is 3.56. The van der Waals surface area contributed by atoms with Gasteiger partial charge in [0.15, 0.2) is 5.96 Å². The van der Waals surface area contributed by atoms with Crippen molar-refractivity contribution in [1.29, 1.82) is 0 Å². The molecule has 0 aliphatic carbocycles. The second-order valence-corrected chi connectivity index (χ2v) is 8.71. The number of carbonyl (C=O) groups is 3. The highest BCUT2D eigenvalue weighted by atomic mass is 16.6. The van der Waals surface area contributed by atoms with Crippen LogP contribution in [0, 0.1) is 0 Å². The van der Waals surface area contributed by atoms with E-state index in [1.807, 2.05) is 25.7 Å². The van der Waals surface area contributed by atoms with Gasteiger partial charge in [0.25, 0.3) is 11.8 Å². The van der Waals surface area contributed by atoms with Crippen LogP contribution in [0.1, 0.15) is 54.3 Å². The lowest BCUT2D eigenvalue weighted by atomic mass is 10.1. The molecule has 1 aromatic rings. The van der Waals surface area contributed by atoms with Crippen molar-refractivity contribution in [3.8, 4) is 0 Å². The molecule has 0 bridgehead atoms. The minimum Gasteiger partial charge on any atom is -0.444 e. The van der Waals surface area contributed by atoms with Crippen LogP contribution >= 0.6 is 0 Å². The van der Waals surface area contributed by atoms with E-state index in [1.165, 1.54) is 4.90 Å². The third kappa shape index (κ3) is 5.53. The summed E-state index contributed by atoms with van der Waals surface area (Å²) in [7, 11) is 0. The molecule has 168 valence electrons. The van der Waals surface area contributed by atoms with Crippen LogP contribution < -0.4 is 5.73 Å². The van der Waals surface area contributed by atoms with Crippen LogP contribution in [-0.4, -0.2) is 83.4 Å². The molecule has 2 heterocycles. The number of rotatable bonds is 5. The quantitative estimate of drug-likeness (QED) is 0.332. The average Bonchev–Trinajstić information content (AvgIpc) is 2.97. The number of hydrogen-bond acceptors (Lipinski definition) is 5. The molecule has 0 unspecified atom stereocenters. The van der Waals surface area contributed by atoms with Gasteiger partial charge in [0.2, 0.25) is 0 Å². The summed E-state index contributed by atoms with van der Waals surface area (Å²) in [6, 6.07) is 6.89. The minimum atomic E-state index is -0.512. The van der Waals surface area contributed by atoms with Gasteiger partial charge < -0.3 is 20.3 Å². The Kier molecular flexibility index (Phi) is 6.82. The van der Waals surface area contributed by atoms with Crippen LogP contribution in [0.25, 0.3) is 0 Å². The van der Waals surface area contributed by atoms with Crippen molar-refractivity contribution in [1.82, 2.24) is 14.7 Å². The van der Waals surface area contributed by atoms with E-state index in [-0.39, 0.29) is 17.9 Å². The Bertz CT molecular complexity index is 834. The Morgan fingerprint density at radius 2 is 1.55 bits per heavy atom. The van der Waals surface area contributed by atoms with E-state index in [2.05, 4.69) is 4.99 Å². The molecular weight excluding hydrogens is 398 g/mol. The van der Waals surface area contributed by atoms with E-state index < -0.39 is 5.60 Å². The van der Waals surface area contributed by atoms with Gasteiger partial charge in [-0.1, -0.05) is 12.1 Å². The lowest BCUT2D eigenvalue weighted by Crippen LogP contribution is -2.53. The first kappa shape index (κ1) is 22.6. The summed E-state index contributed by atoms with van der Waals surface area (Å²) in [4.78, 5) is 46.2. The lowest BCUT2D eigenvalue weighted by molar-refractivity contribution is 0.0186. The molecule has 9 heteroatoms. The Morgan fingerprint density at radius 1 is 1.00 bits per heavy atom. The molecule has 9 nitrogen and oxygen atoms in total. The van der Waals surface area contributed by atoms with Crippen LogP contribution in [0.3, 0.4) is 0 Å². The Hall–Kier alpha value is -3.10. The van der Waals surface area contributed by atoms with Crippen molar-refractivity contribution < 1.29 is 19.1 Å². The first-order chi connectivity index (χ1) is 14.7. The van der Waals surface area contributed by atoms with Crippen molar-refractivity contribution in [2.24, 2.45) is 10.7 Å². The second kappa shape index (κ2) is 9.36. The lowest BCUT2D eigenvalue weighted by Gasteiger charge is -2.36. The number of ether oxygens (including phenoxy) is 1. The number of imide groups is 1. The highest BCUT2D eigenvalue weighted by Gasteiger charge is 2.34. The molecule has 3 rings (SSSR count). The van der Waals surface area contributed by atoms with Gasteiger partial charge >= 0.3 is 6.09 Å². The number of piperazine rings is 1. The Labute approximate surface area is 182 Å². The van der Waals surface area contributed by atoms with Crippen molar-refractivity contribution >= 4 is 23.9 Å². The highest BCUT2D eigenvalue weighted by molar-refractivity contribution is 6.21. The first-order valence-corrected chi connectivity index (χ1v) is 10.7. The number of carbonyl (C=O) groups excluding carboxylic acids is 3. The Balaban J connectivity index is 1.38. The topological polar surface area (TPSA) is 109 Å². The number of unbranched alkanes of at least 4 members (excludes halogenated alkanes) is 1. The summed E-state index contributed by atoms with van der Waals surface area (Å²) in [5.74, 6) is -0.0116. The fourth-order valence-electron chi connectivity index (χ4n) is 3.56. The molecule has 0 spiro atoms. The number of hydrogen-bond donors (Lipinski definition) is 1.